The molecule has 0 bridgehead atoms. The summed E-state index contributed by atoms with van der Waals surface area (Å²) in [6, 6.07) is 14.9. The Bertz CT molecular complexity index is 1050. The van der Waals surface area contributed by atoms with Crippen molar-refractivity contribution < 1.29 is 13.2 Å². The maximum absolute atomic E-state index is 12.7. The second-order valence-electron chi connectivity index (χ2n) is 7.32. The van der Waals surface area contributed by atoms with Crippen molar-refractivity contribution in [2.24, 2.45) is 10.3 Å². The maximum atomic E-state index is 12.7. The third-order valence-corrected chi connectivity index (χ3v) is 6.74. The van der Waals surface area contributed by atoms with E-state index in [4.69, 9.17) is 0 Å². The van der Waals surface area contributed by atoms with E-state index < -0.39 is 10.0 Å². The highest BCUT2D eigenvalue weighted by Crippen LogP contribution is 2.29. The second-order valence-corrected chi connectivity index (χ2v) is 8.89. The molecule has 0 radical (unpaired) electrons. The van der Waals surface area contributed by atoms with Crippen LogP contribution in [0.1, 0.15) is 29.5 Å². The summed E-state index contributed by atoms with van der Waals surface area (Å²) in [5.74, 6) is 0.283. The van der Waals surface area contributed by atoms with Crippen LogP contribution in [0.2, 0.25) is 0 Å². The normalized spacial score (nSPS) is 20.4. The molecule has 2 aromatic rings. The Hall–Kier alpha value is -2.67. The molecular weight excluding hydrogens is 374 g/mol. The standard InChI is InChI=1S/C21H23N3O3S/c1-15-7-2-3-8-16(15)13-22-21(25)17-9-6-12-24(14-17)20-18-10-4-5-11-19(18)28(26,27)23-20/h2-5,7-8,10-11,17H,6,9,12-14H2,1H3,(H,22,25)/t17-/m0/s1. The van der Waals surface area contributed by atoms with Crippen LogP contribution in [0, 0.1) is 12.8 Å². The van der Waals surface area contributed by atoms with Gasteiger partial charge in [-0.15, -0.1) is 4.40 Å². The number of benzene rings is 2. The van der Waals surface area contributed by atoms with Gasteiger partial charge < -0.3 is 10.2 Å². The highest BCUT2D eigenvalue weighted by Gasteiger charge is 2.35. The van der Waals surface area contributed by atoms with Crippen molar-refractivity contribution in [2.75, 3.05) is 13.1 Å². The predicted octanol–water partition coefficient (Wildman–Crippen LogP) is 2.47. The summed E-state index contributed by atoms with van der Waals surface area (Å²) in [6.07, 6.45) is 1.61. The van der Waals surface area contributed by atoms with Crippen molar-refractivity contribution in [2.45, 2.75) is 31.2 Å². The SMILES string of the molecule is Cc1ccccc1CNC(=O)[C@H]1CCCN(C2=NS(=O)(=O)c3ccccc32)C1. The fraction of sp³-hybridized carbons (Fsp3) is 0.333. The van der Waals surface area contributed by atoms with Gasteiger partial charge in [-0.1, -0.05) is 36.4 Å². The zero-order valence-corrected chi connectivity index (χ0v) is 16.6. The van der Waals surface area contributed by atoms with Gasteiger partial charge in [0.05, 0.1) is 5.92 Å². The minimum absolute atomic E-state index is 0.00249. The molecule has 1 N–H and O–H groups in total. The molecule has 2 aliphatic rings. The summed E-state index contributed by atoms with van der Waals surface area (Å²) < 4.78 is 28.6. The topological polar surface area (TPSA) is 78.8 Å². The molecule has 2 aromatic carbocycles. The molecule has 0 saturated carbocycles. The molecule has 146 valence electrons. The van der Waals surface area contributed by atoms with E-state index in [1.54, 1.807) is 18.2 Å². The molecule has 1 fully saturated rings. The average Bonchev–Trinajstić information content (AvgIpc) is 2.99. The number of carbonyl (C=O) groups is 1. The fourth-order valence-electron chi connectivity index (χ4n) is 3.84. The van der Waals surface area contributed by atoms with Crippen LogP contribution >= 0.6 is 0 Å². The zero-order chi connectivity index (χ0) is 19.7. The van der Waals surface area contributed by atoms with Crippen LogP contribution < -0.4 is 5.32 Å². The summed E-state index contributed by atoms with van der Waals surface area (Å²) in [4.78, 5) is 14.9. The number of sulfonamides is 1. The zero-order valence-electron chi connectivity index (χ0n) is 15.8. The molecule has 6 nitrogen and oxygen atoms in total. The molecule has 0 spiro atoms. The Morgan fingerprint density at radius 1 is 1.18 bits per heavy atom. The Morgan fingerprint density at radius 2 is 1.93 bits per heavy atom. The van der Waals surface area contributed by atoms with Crippen LogP contribution in [0.3, 0.4) is 0 Å². The third kappa shape index (κ3) is 3.54. The van der Waals surface area contributed by atoms with Gasteiger partial charge in [0.1, 0.15) is 4.90 Å². The number of nitrogens with zero attached hydrogens (tertiary/aromatic N) is 2. The summed E-state index contributed by atoms with van der Waals surface area (Å²) in [6.45, 7) is 3.70. The van der Waals surface area contributed by atoms with Gasteiger partial charge >= 0.3 is 0 Å². The summed E-state index contributed by atoms with van der Waals surface area (Å²) in [5, 5.41) is 3.03. The molecule has 0 aliphatic carbocycles. The second kappa shape index (κ2) is 7.39. The van der Waals surface area contributed by atoms with Crippen LogP contribution in [0.5, 0.6) is 0 Å². The number of piperidine rings is 1. The molecular formula is C21H23N3O3S. The Labute approximate surface area is 165 Å². The summed E-state index contributed by atoms with van der Waals surface area (Å²) >= 11 is 0. The first-order chi connectivity index (χ1) is 13.5. The summed E-state index contributed by atoms with van der Waals surface area (Å²) in [5.41, 5.74) is 2.88. The lowest BCUT2D eigenvalue weighted by molar-refractivity contribution is -0.126. The molecule has 2 aliphatic heterocycles. The molecule has 1 amide bonds. The van der Waals surface area contributed by atoms with E-state index >= 15 is 0 Å². The smallest absolute Gasteiger partial charge is 0.285 e. The van der Waals surface area contributed by atoms with Crippen molar-refractivity contribution in [3.63, 3.8) is 0 Å². The number of hydrogen-bond donors (Lipinski definition) is 1. The number of fused-ring (bicyclic) bond motifs is 1. The largest absolute Gasteiger partial charge is 0.355 e. The highest BCUT2D eigenvalue weighted by molar-refractivity contribution is 7.90. The van der Waals surface area contributed by atoms with Crippen molar-refractivity contribution in [3.05, 3.63) is 65.2 Å². The van der Waals surface area contributed by atoms with Crippen LogP contribution in [0.15, 0.2) is 57.8 Å². The summed E-state index contributed by atoms with van der Waals surface area (Å²) in [7, 11) is -3.65. The van der Waals surface area contributed by atoms with E-state index in [9.17, 15) is 13.2 Å². The van der Waals surface area contributed by atoms with Crippen LogP contribution in [-0.2, 0) is 21.4 Å². The van der Waals surface area contributed by atoms with Crippen LogP contribution in [0.25, 0.3) is 0 Å². The number of rotatable bonds is 3. The van der Waals surface area contributed by atoms with Crippen molar-refractivity contribution in [1.82, 2.24) is 10.2 Å². The number of carbonyl (C=O) groups excluding carboxylic acids is 1. The van der Waals surface area contributed by atoms with Gasteiger partial charge in [-0.2, -0.15) is 8.42 Å². The van der Waals surface area contributed by atoms with E-state index in [0.29, 0.717) is 31.0 Å². The Balaban J connectivity index is 1.47. The van der Waals surface area contributed by atoms with Gasteiger partial charge in [0.2, 0.25) is 5.91 Å². The lowest BCUT2D eigenvalue weighted by atomic mass is 9.96. The van der Waals surface area contributed by atoms with Gasteiger partial charge in [0, 0.05) is 25.2 Å². The first kappa shape index (κ1) is 18.7. The lowest BCUT2D eigenvalue weighted by Gasteiger charge is -2.33. The van der Waals surface area contributed by atoms with Crippen molar-refractivity contribution in [3.8, 4) is 0 Å². The van der Waals surface area contributed by atoms with Crippen LogP contribution in [-0.4, -0.2) is 38.2 Å². The van der Waals surface area contributed by atoms with Crippen molar-refractivity contribution >= 4 is 21.8 Å². The van der Waals surface area contributed by atoms with E-state index in [1.165, 1.54) is 0 Å². The number of aryl methyl sites for hydroxylation is 1. The molecule has 7 heteroatoms. The predicted molar refractivity (Wildman–Crippen MR) is 107 cm³/mol. The minimum atomic E-state index is -3.65. The number of nitrogens with one attached hydrogen (secondary N) is 1. The van der Waals surface area contributed by atoms with E-state index in [2.05, 4.69) is 9.71 Å². The minimum Gasteiger partial charge on any atom is -0.355 e. The number of amides is 1. The third-order valence-electron chi connectivity index (χ3n) is 5.42. The average molecular weight is 398 g/mol. The van der Waals surface area contributed by atoms with Gasteiger partial charge in [-0.05, 0) is 43.0 Å². The Morgan fingerprint density at radius 3 is 2.75 bits per heavy atom. The van der Waals surface area contributed by atoms with Gasteiger partial charge in [0.15, 0.2) is 5.84 Å². The number of hydrogen-bond acceptors (Lipinski definition) is 4. The molecule has 0 aromatic heterocycles. The molecule has 0 unspecified atom stereocenters. The number of likely N-dealkylation sites (tertiary alicyclic amines) is 1. The van der Waals surface area contributed by atoms with Gasteiger partial charge in [-0.25, -0.2) is 0 Å². The van der Waals surface area contributed by atoms with Crippen molar-refractivity contribution in [1.29, 1.82) is 0 Å². The lowest BCUT2D eigenvalue weighted by Crippen LogP contribution is -2.45. The van der Waals surface area contributed by atoms with Gasteiger partial charge in [0.25, 0.3) is 10.0 Å². The fourth-order valence-corrected chi connectivity index (χ4v) is 5.06. The molecule has 4 rings (SSSR count). The molecule has 1 atom stereocenters. The first-order valence-corrected chi connectivity index (χ1v) is 10.9. The first-order valence-electron chi connectivity index (χ1n) is 9.47. The molecule has 28 heavy (non-hydrogen) atoms. The monoisotopic (exact) mass is 397 g/mol. The molecule has 1 saturated heterocycles. The molecule has 2 heterocycles. The highest BCUT2D eigenvalue weighted by atomic mass is 32.2. The van der Waals surface area contributed by atoms with Gasteiger partial charge in [-0.3, -0.25) is 4.79 Å². The van der Waals surface area contributed by atoms with E-state index in [1.807, 2.05) is 42.2 Å². The maximum Gasteiger partial charge on any atom is 0.285 e. The van der Waals surface area contributed by atoms with Crippen LogP contribution in [0.4, 0.5) is 0 Å². The Kier molecular flexibility index (Phi) is 4.93. The van der Waals surface area contributed by atoms with E-state index in [-0.39, 0.29) is 16.7 Å². The van der Waals surface area contributed by atoms with E-state index in [0.717, 1.165) is 24.0 Å². The quantitative estimate of drug-likeness (QED) is 0.863. The number of amidine groups is 1.